The van der Waals surface area contributed by atoms with E-state index in [1.807, 2.05) is 24.3 Å². The fraction of sp³-hybridized carbons (Fsp3) is 0.417. The number of carbonyl (C=O) groups is 2. The molecule has 7 heteroatoms. The summed E-state index contributed by atoms with van der Waals surface area (Å²) in [5.74, 6) is 0.189. The van der Waals surface area contributed by atoms with Crippen molar-refractivity contribution in [2.75, 3.05) is 6.61 Å². The van der Waals surface area contributed by atoms with Gasteiger partial charge in [0, 0.05) is 22.1 Å². The van der Waals surface area contributed by atoms with E-state index in [0.29, 0.717) is 17.3 Å². The molecular formula is C24H28BrClN2O3. The van der Waals surface area contributed by atoms with Gasteiger partial charge in [0.2, 0.25) is 5.91 Å². The summed E-state index contributed by atoms with van der Waals surface area (Å²) in [6.07, 6.45) is 5.49. The van der Waals surface area contributed by atoms with Gasteiger partial charge < -0.3 is 15.0 Å². The zero-order chi connectivity index (χ0) is 22.2. The van der Waals surface area contributed by atoms with Gasteiger partial charge in [0.25, 0.3) is 5.91 Å². The first kappa shape index (κ1) is 23.6. The van der Waals surface area contributed by atoms with Crippen LogP contribution in [0.4, 0.5) is 0 Å². The predicted molar refractivity (Wildman–Crippen MR) is 126 cm³/mol. The van der Waals surface area contributed by atoms with Crippen LogP contribution in [0.25, 0.3) is 0 Å². The molecule has 31 heavy (non-hydrogen) atoms. The topological polar surface area (TPSA) is 58.6 Å². The summed E-state index contributed by atoms with van der Waals surface area (Å²) in [5, 5.41) is 3.73. The van der Waals surface area contributed by atoms with E-state index in [1.54, 1.807) is 36.1 Å². The zero-order valence-electron chi connectivity index (χ0n) is 17.7. The van der Waals surface area contributed by atoms with Gasteiger partial charge in [0.05, 0.1) is 0 Å². The first-order valence-corrected chi connectivity index (χ1v) is 11.8. The van der Waals surface area contributed by atoms with Gasteiger partial charge in [-0.2, -0.15) is 0 Å². The average Bonchev–Trinajstić information content (AvgIpc) is 2.78. The number of amides is 2. The molecule has 0 saturated heterocycles. The summed E-state index contributed by atoms with van der Waals surface area (Å²) < 4.78 is 6.61. The lowest BCUT2D eigenvalue weighted by Crippen LogP contribution is -2.51. The lowest BCUT2D eigenvalue weighted by Gasteiger charge is -2.31. The summed E-state index contributed by atoms with van der Waals surface area (Å²) in [6.45, 7) is 1.95. The van der Waals surface area contributed by atoms with E-state index < -0.39 is 6.04 Å². The van der Waals surface area contributed by atoms with E-state index in [1.165, 1.54) is 6.42 Å². The van der Waals surface area contributed by atoms with Crippen LogP contribution in [-0.2, 0) is 16.1 Å². The summed E-state index contributed by atoms with van der Waals surface area (Å²) in [7, 11) is 0. The second-order valence-electron chi connectivity index (χ2n) is 7.91. The highest BCUT2D eigenvalue weighted by Crippen LogP contribution is 2.19. The lowest BCUT2D eigenvalue weighted by atomic mass is 9.95. The zero-order valence-corrected chi connectivity index (χ0v) is 20.0. The molecule has 1 aliphatic rings. The molecule has 1 aliphatic carbocycles. The fourth-order valence-corrected chi connectivity index (χ4v) is 4.09. The molecule has 0 aliphatic heterocycles. The molecule has 1 saturated carbocycles. The summed E-state index contributed by atoms with van der Waals surface area (Å²) in [4.78, 5) is 27.6. The number of hydrogen-bond acceptors (Lipinski definition) is 3. The molecule has 2 aromatic carbocycles. The van der Waals surface area contributed by atoms with Crippen LogP contribution < -0.4 is 10.1 Å². The molecule has 3 rings (SSSR count). The monoisotopic (exact) mass is 506 g/mol. The van der Waals surface area contributed by atoms with Gasteiger partial charge in [0.15, 0.2) is 6.61 Å². The van der Waals surface area contributed by atoms with E-state index in [2.05, 4.69) is 21.2 Å². The van der Waals surface area contributed by atoms with Crippen molar-refractivity contribution < 1.29 is 14.3 Å². The minimum atomic E-state index is -0.605. The first-order chi connectivity index (χ1) is 14.9. The molecule has 0 aromatic heterocycles. The third kappa shape index (κ3) is 7.25. The normalized spacial score (nSPS) is 15.2. The van der Waals surface area contributed by atoms with Crippen LogP contribution in [0, 0.1) is 0 Å². The van der Waals surface area contributed by atoms with Gasteiger partial charge in [-0.3, -0.25) is 9.59 Å². The largest absolute Gasteiger partial charge is 0.484 e. The number of nitrogens with one attached hydrogen (secondary N) is 1. The van der Waals surface area contributed by atoms with Crippen LogP contribution in [0.15, 0.2) is 53.0 Å². The molecule has 1 fully saturated rings. The van der Waals surface area contributed by atoms with Crippen molar-refractivity contribution in [3.8, 4) is 5.75 Å². The van der Waals surface area contributed by atoms with E-state index in [9.17, 15) is 9.59 Å². The van der Waals surface area contributed by atoms with Crippen LogP contribution in [0.5, 0.6) is 5.75 Å². The van der Waals surface area contributed by atoms with Crippen molar-refractivity contribution in [1.82, 2.24) is 10.2 Å². The third-order valence-electron chi connectivity index (χ3n) is 5.56. The van der Waals surface area contributed by atoms with Crippen LogP contribution in [-0.4, -0.2) is 35.4 Å². The molecule has 0 unspecified atom stereocenters. The predicted octanol–water partition coefficient (Wildman–Crippen LogP) is 5.35. The fourth-order valence-electron chi connectivity index (χ4n) is 3.70. The molecule has 2 amide bonds. The summed E-state index contributed by atoms with van der Waals surface area (Å²) in [6, 6.07) is 14.2. The van der Waals surface area contributed by atoms with Gasteiger partial charge >= 0.3 is 0 Å². The SMILES string of the molecule is C[C@@H](C(=O)NC1CCCCC1)N(Cc1ccc(Br)cc1)C(=O)COc1ccc(Cl)cc1. The van der Waals surface area contributed by atoms with E-state index in [4.69, 9.17) is 16.3 Å². The number of benzene rings is 2. The highest BCUT2D eigenvalue weighted by molar-refractivity contribution is 9.10. The molecule has 0 radical (unpaired) electrons. The van der Waals surface area contributed by atoms with Crippen molar-refractivity contribution in [2.45, 2.75) is 57.7 Å². The third-order valence-corrected chi connectivity index (χ3v) is 6.34. The van der Waals surface area contributed by atoms with Crippen LogP contribution in [0.2, 0.25) is 5.02 Å². The second-order valence-corrected chi connectivity index (χ2v) is 9.26. The highest BCUT2D eigenvalue weighted by Gasteiger charge is 2.28. The number of halogens is 2. The average molecular weight is 508 g/mol. The Morgan fingerprint density at radius 3 is 2.39 bits per heavy atom. The van der Waals surface area contributed by atoms with Gasteiger partial charge in [-0.05, 0) is 61.7 Å². The maximum absolute atomic E-state index is 13.1. The smallest absolute Gasteiger partial charge is 0.261 e. The van der Waals surface area contributed by atoms with Crippen molar-refractivity contribution >= 4 is 39.3 Å². The first-order valence-electron chi connectivity index (χ1n) is 10.6. The Kier molecular flexibility index (Phi) is 8.79. The molecular weight excluding hydrogens is 480 g/mol. The number of nitrogens with zero attached hydrogens (tertiary/aromatic N) is 1. The number of rotatable bonds is 8. The number of carbonyl (C=O) groups excluding carboxylic acids is 2. The quantitative estimate of drug-likeness (QED) is 0.524. The lowest BCUT2D eigenvalue weighted by molar-refractivity contribution is -0.142. The minimum absolute atomic E-state index is 0.121. The molecule has 0 spiro atoms. The van der Waals surface area contributed by atoms with E-state index in [0.717, 1.165) is 35.7 Å². The standard InChI is InChI=1S/C24H28BrClN2O3/c1-17(24(30)27-21-5-3-2-4-6-21)28(15-18-7-9-19(25)10-8-18)23(29)16-31-22-13-11-20(26)12-14-22/h7-14,17,21H,2-6,15-16H2,1H3,(H,27,30)/t17-/m0/s1. The van der Waals surface area contributed by atoms with Crippen LogP contribution in [0.1, 0.15) is 44.6 Å². The van der Waals surface area contributed by atoms with Crippen molar-refractivity contribution in [3.63, 3.8) is 0 Å². The summed E-state index contributed by atoms with van der Waals surface area (Å²) >= 11 is 9.33. The Balaban J connectivity index is 1.69. The minimum Gasteiger partial charge on any atom is -0.484 e. The molecule has 0 bridgehead atoms. The Labute approximate surface area is 197 Å². The molecule has 166 valence electrons. The van der Waals surface area contributed by atoms with Gasteiger partial charge in [0.1, 0.15) is 11.8 Å². The van der Waals surface area contributed by atoms with Gasteiger partial charge in [-0.1, -0.05) is 58.9 Å². The molecule has 2 aromatic rings. The van der Waals surface area contributed by atoms with Crippen molar-refractivity contribution in [3.05, 3.63) is 63.6 Å². The Morgan fingerprint density at radius 2 is 1.74 bits per heavy atom. The van der Waals surface area contributed by atoms with Crippen LogP contribution >= 0.6 is 27.5 Å². The Hall–Kier alpha value is -2.05. The molecule has 1 atom stereocenters. The van der Waals surface area contributed by atoms with Gasteiger partial charge in [-0.25, -0.2) is 0 Å². The van der Waals surface area contributed by atoms with E-state index in [-0.39, 0.29) is 24.5 Å². The number of hydrogen-bond donors (Lipinski definition) is 1. The summed E-state index contributed by atoms with van der Waals surface area (Å²) in [5.41, 5.74) is 0.945. The molecule has 1 N–H and O–H groups in total. The van der Waals surface area contributed by atoms with Crippen molar-refractivity contribution in [1.29, 1.82) is 0 Å². The maximum Gasteiger partial charge on any atom is 0.261 e. The highest BCUT2D eigenvalue weighted by atomic mass is 79.9. The van der Waals surface area contributed by atoms with Crippen molar-refractivity contribution in [2.24, 2.45) is 0 Å². The Bertz CT molecular complexity index is 867. The Morgan fingerprint density at radius 1 is 1.10 bits per heavy atom. The van der Waals surface area contributed by atoms with Crippen LogP contribution in [0.3, 0.4) is 0 Å². The second kappa shape index (κ2) is 11.5. The van der Waals surface area contributed by atoms with E-state index >= 15 is 0 Å². The maximum atomic E-state index is 13.1. The number of ether oxygens (including phenoxy) is 1. The molecule has 5 nitrogen and oxygen atoms in total. The van der Waals surface area contributed by atoms with Gasteiger partial charge in [-0.15, -0.1) is 0 Å². The molecule has 0 heterocycles.